The molecule has 1 aliphatic carbocycles. The average molecular weight is 350 g/mol. The first-order valence-corrected chi connectivity index (χ1v) is 8.29. The molecule has 1 saturated carbocycles. The van der Waals surface area contributed by atoms with Crippen molar-refractivity contribution in [2.45, 2.75) is 37.8 Å². The van der Waals surface area contributed by atoms with Gasteiger partial charge in [-0.25, -0.2) is 15.0 Å². The predicted molar refractivity (Wildman–Crippen MR) is 89.8 cm³/mol. The van der Waals surface area contributed by atoms with Crippen LogP contribution in [0, 0.1) is 0 Å². The number of nitrogens with one attached hydrogen (secondary N) is 1. The molecule has 1 aliphatic rings. The summed E-state index contributed by atoms with van der Waals surface area (Å²) in [6, 6.07) is 0.120. The first-order valence-electron chi connectivity index (χ1n) is 7.91. The van der Waals surface area contributed by atoms with Crippen LogP contribution >= 0.6 is 11.6 Å². The van der Waals surface area contributed by atoms with Crippen molar-refractivity contribution in [2.75, 3.05) is 7.11 Å². The van der Waals surface area contributed by atoms with Crippen molar-refractivity contribution in [3.8, 4) is 11.5 Å². The van der Waals surface area contributed by atoms with Gasteiger partial charge < -0.3 is 14.6 Å². The van der Waals surface area contributed by atoms with Gasteiger partial charge >= 0.3 is 0 Å². The minimum Gasteiger partial charge on any atom is -0.381 e. The van der Waals surface area contributed by atoms with Crippen LogP contribution in [0.15, 0.2) is 18.7 Å². The number of methoxy groups -OCH3 is 1. The fraction of sp³-hybridized carbons (Fsp3) is 0.500. The molecule has 0 atom stereocenters. The summed E-state index contributed by atoms with van der Waals surface area (Å²) >= 11 is 6.13. The van der Waals surface area contributed by atoms with Gasteiger partial charge in [0.05, 0.1) is 29.8 Å². The van der Waals surface area contributed by atoms with E-state index in [9.17, 15) is 4.79 Å². The van der Waals surface area contributed by atoms with Gasteiger partial charge in [-0.05, 0) is 25.7 Å². The van der Waals surface area contributed by atoms with Gasteiger partial charge in [0.1, 0.15) is 5.69 Å². The molecule has 0 aromatic carbocycles. The number of hydrogen-bond donors (Lipinski definition) is 1. The summed E-state index contributed by atoms with van der Waals surface area (Å²) in [7, 11) is 3.57. The fourth-order valence-corrected chi connectivity index (χ4v) is 3.10. The van der Waals surface area contributed by atoms with Crippen LogP contribution < -0.4 is 5.32 Å². The Morgan fingerprint density at radius 2 is 2.08 bits per heavy atom. The second-order valence-corrected chi connectivity index (χ2v) is 6.37. The van der Waals surface area contributed by atoms with E-state index >= 15 is 0 Å². The Morgan fingerprint density at radius 3 is 2.71 bits per heavy atom. The number of amides is 1. The van der Waals surface area contributed by atoms with Gasteiger partial charge in [0.25, 0.3) is 5.91 Å². The van der Waals surface area contributed by atoms with Crippen molar-refractivity contribution in [3.63, 3.8) is 0 Å². The zero-order valence-corrected chi connectivity index (χ0v) is 14.5. The molecule has 0 spiro atoms. The summed E-state index contributed by atoms with van der Waals surface area (Å²) in [5.74, 6) is 0.152. The van der Waals surface area contributed by atoms with Crippen LogP contribution in [0.25, 0.3) is 11.5 Å². The largest absolute Gasteiger partial charge is 0.381 e. The minimum atomic E-state index is -0.272. The average Bonchev–Trinajstić information content (AvgIpc) is 3.02. The van der Waals surface area contributed by atoms with E-state index in [0.29, 0.717) is 5.82 Å². The molecule has 7 nitrogen and oxygen atoms in total. The van der Waals surface area contributed by atoms with Gasteiger partial charge in [-0.2, -0.15) is 0 Å². The molecule has 0 unspecified atom stereocenters. The summed E-state index contributed by atoms with van der Waals surface area (Å²) in [4.78, 5) is 25.1. The molecule has 2 aromatic rings. The summed E-state index contributed by atoms with van der Waals surface area (Å²) in [5, 5.41) is 3.26. The highest BCUT2D eigenvalue weighted by atomic mass is 35.5. The molecular formula is C16H20ClN5O2. The summed E-state index contributed by atoms with van der Waals surface area (Å²) < 4.78 is 7.14. The van der Waals surface area contributed by atoms with Crippen molar-refractivity contribution in [3.05, 3.63) is 29.4 Å². The highest BCUT2D eigenvalue weighted by Gasteiger charge is 2.24. The first kappa shape index (κ1) is 16.9. The number of rotatable bonds is 4. The number of aromatic nitrogens is 4. The molecule has 0 radical (unpaired) electrons. The van der Waals surface area contributed by atoms with E-state index in [2.05, 4.69) is 20.3 Å². The molecule has 0 bridgehead atoms. The number of carbonyl (C=O) groups excluding carboxylic acids is 1. The Kier molecular flexibility index (Phi) is 5.11. The van der Waals surface area contributed by atoms with E-state index in [1.54, 1.807) is 24.2 Å². The Hall–Kier alpha value is -1.99. The van der Waals surface area contributed by atoms with Crippen LogP contribution in [0.1, 0.15) is 36.2 Å². The van der Waals surface area contributed by atoms with E-state index in [4.69, 9.17) is 16.3 Å². The van der Waals surface area contributed by atoms with Crippen molar-refractivity contribution < 1.29 is 9.53 Å². The number of halogens is 1. The molecular weight excluding hydrogens is 330 g/mol. The van der Waals surface area contributed by atoms with E-state index < -0.39 is 0 Å². The topological polar surface area (TPSA) is 81.9 Å². The SMILES string of the molecule is CO[C@H]1CC[C@H](NC(=O)c2nc(-c3cncn3C)ncc2Cl)CC1. The van der Waals surface area contributed by atoms with Crippen LogP contribution in [0.4, 0.5) is 0 Å². The van der Waals surface area contributed by atoms with Gasteiger partial charge in [0.15, 0.2) is 11.5 Å². The van der Waals surface area contributed by atoms with Gasteiger partial charge in [0.2, 0.25) is 0 Å². The van der Waals surface area contributed by atoms with Crippen molar-refractivity contribution in [2.24, 2.45) is 7.05 Å². The summed E-state index contributed by atoms with van der Waals surface area (Å²) in [6.45, 7) is 0. The molecule has 128 valence electrons. The standard InChI is InChI=1S/C16H20ClN5O2/c1-22-9-18-8-13(22)15-19-7-12(17)14(21-15)16(23)20-10-3-5-11(24-2)6-4-10/h7-11H,3-6H2,1-2H3,(H,20,23)/t10-,11-. The smallest absolute Gasteiger partial charge is 0.271 e. The molecule has 1 fully saturated rings. The maximum atomic E-state index is 12.6. The zero-order valence-electron chi connectivity index (χ0n) is 13.7. The number of carbonyl (C=O) groups is 1. The first-order chi connectivity index (χ1) is 11.6. The Balaban J connectivity index is 1.74. The molecule has 8 heteroatoms. The molecule has 0 aliphatic heterocycles. The number of nitrogens with zero attached hydrogens (tertiary/aromatic N) is 4. The predicted octanol–water partition coefficient (Wildman–Crippen LogP) is 2.22. The van der Waals surface area contributed by atoms with Crippen molar-refractivity contribution >= 4 is 17.5 Å². The lowest BCUT2D eigenvalue weighted by atomic mass is 9.93. The lowest BCUT2D eigenvalue weighted by Gasteiger charge is -2.28. The molecule has 1 N–H and O–H groups in total. The van der Waals surface area contributed by atoms with E-state index in [0.717, 1.165) is 31.4 Å². The van der Waals surface area contributed by atoms with Crippen LogP contribution in [-0.4, -0.2) is 44.7 Å². The van der Waals surface area contributed by atoms with Crippen LogP contribution in [0.2, 0.25) is 5.02 Å². The Morgan fingerprint density at radius 1 is 1.33 bits per heavy atom. The van der Waals surface area contributed by atoms with E-state index in [1.165, 1.54) is 6.20 Å². The van der Waals surface area contributed by atoms with E-state index in [-0.39, 0.29) is 28.8 Å². The third-order valence-electron chi connectivity index (χ3n) is 4.35. The zero-order chi connectivity index (χ0) is 17.1. The fourth-order valence-electron chi connectivity index (χ4n) is 2.92. The number of imidazole rings is 1. The number of hydrogen-bond acceptors (Lipinski definition) is 5. The summed E-state index contributed by atoms with van der Waals surface area (Å²) in [5.41, 5.74) is 0.915. The van der Waals surface area contributed by atoms with Gasteiger partial charge in [0, 0.05) is 20.2 Å². The second-order valence-electron chi connectivity index (χ2n) is 5.96. The Labute approximate surface area is 145 Å². The third-order valence-corrected chi connectivity index (χ3v) is 4.62. The molecule has 3 rings (SSSR count). The highest BCUT2D eigenvalue weighted by Crippen LogP contribution is 2.22. The van der Waals surface area contributed by atoms with Crippen molar-refractivity contribution in [1.82, 2.24) is 24.8 Å². The van der Waals surface area contributed by atoms with Crippen LogP contribution in [0.3, 0.4) is 0 Å². The highest BCUT2D eigenvalue weighted by molar-refractivity contribution is 6.33. The second kappa shape index (κ2) is 7.27. The lowest BCUT2D eigenvalue weighted by Crippen LogP contribution is -2.39. The maximum Gasteiger partial charge on any atom is 0.271 e. The lowest BCUT2D eigenvalue weighted by molar-refractivity contribution is 0.0598. The quantitative estimate of drug-likeness (QED) is 0.915. The molecule has 2 heterocycles. The van der Waals surface area contributed by atoms with Crippen molar-refractivity contribution in [1.29, 1.82) is 0 Å². The number of aryl methyl sites for hydroxylation is 1. The van der Waals surface area contributed by atoms with Gasteiger partial charge in [-0.15, -0.1) is 0 Å². The molecule has 2 aromatic heterocycles. The van der Waals surface area contributed by atoms with Gasteiger partial charge in [-0.1, -0.05) is 11.6 Å². The molecule has 0 saturated heterocycles. The van der Waals surface area contributed by atoms with Crippen LogP contribution in [-0.2, 0) is 11.8 Å². The monoisotopic (exact) mass is 349 g/mol. The van der Waals surface area contributed by atoms with Gasteiger partial charge in [-0.3, -0.25) is 4.79 Å². The maximum absolute atomic E-state index is 12.6. The Bertz CT molecular complexity index is 725. The molecule has 1 amide bonds. The number of ether oxygens (including phenoxy) is 1. The molecule has 24 heavy (non-hydrogen) atoms. The normalized spacial score (nSPS) is 20.8. The minimum absolute atomic E-state index is 0.120. The van der Waals surface area contributed by atoms with Crippen LogP contribution in [0.5, 0.6) is 0 Å². The van der Waals surface area contributed by atoms with E-state index in [1.807, 2.05) is 7.05 Å². The third kappa shape index (κ3) is 3.57. The summed E-state index contributed by atoms with van der Waals surface area (Å²) in [6.07, 6.45) is 8.71.